The average molecular weight is 405 g/mol. The Kier molecular flexibility index (Phi) is 5.95. The molecule has 2 unspecified atom stereocenters. The molecule has 2 N–H and O–H groups in total. The van der Waals surface area contributed by atoms with Crippen LogP contribution in [0.25, 0.3) is 0 Å². The van der Waals surface area contributed by atoms with Crippen molar-refractivity contribution in [1.82, 2.24) is 0 Å². The van der Waals surface area contributed by atoms with E-state index < -0.39 is 5.60 Å². The molecule has 4 saturated carbocycles. The van der Waals surface area contributed by atoms with Gasteiger partial charge in [-0.3, -0.25) is 0 Å². The normalized spacial score (nSPS) is 50.2. The molecule has 0 aliphatic heterocycles. The minimum absolute atomic E-state index is 0.0319. The molecule has 0 amide bonds. The SMILES string of the molecule is CCC(C)(O)CC[C@@H](C)[C@H]1CC[C@H]2[C@@H]3CCC4C[C@@H](O)CC[C@]4(C)[C@H]3CC[C@]12C. The molecule has 4 aliphatic carbocycles. The molecule has 168 valence electrons. The predicted molar refractivity (Wildman–Crippen MR) is 121 cm³/mol. The van der Waals surface area contributed by atoms with Gasteiger partial charge in [0.15, 0.2) is 0 Å². The fourth-order valence-corrected chi connectivity index (χ4v) is 9.13. The van der Waals surface area contributed by atoms with Crippen molar-refractivity contribution in [3.05, 3.63) is 0 Å². The van der Waals surface area contributed by atoms with Crippen LogP contribution in [0.3, 0.4) is 0 Å². The summed E-state index contributed by atoms with van der Waals surface area (Å²) in [6, 6.07) is 0. The van der Waals surface area contributed by atoms with E-state index in [1.807, 2.05) is 6.92 Å². The van der Waals surface area contributed by atoms with Gasteiger partial charge in [-0.05, 0) is 130 Å². The molecular formula is C27H48O2. The maximum Gasteiger partial charge on any atom is 0.0617 e. The van der Waals surface area contributed by atoms with Gasteiger partial charge in [0.2, 0.25) is 0 Å². The Morgan fingerprint density at radius 3 is 2.38 bits per heavy atom. The Balaban J connectivity index is 1.47. The topological polar surface area (TPSA) is 40.5 Å². The van der Waals surface area contributed by atoms with Crippen LogP contribution in [0.4, 0.5) is 0 Å². The highest BCUT2D eigenvalue weighted by atomic mass is 16.3. The Hall–Kier alpha value is -0.0800. The van der Waals surface area contributed by atoms with Crippen molar-refractivity contribution < 1.29 is 10.2 Å². The predicted octanol–water partition coefficient (Wildman–Crippen LogP) is 6.58. The lowest BCUT2D eigenvalue weighted by molar-refractivity contribution is -0.129. The molecule has 4 fully saturated rings. The Bertz CT molecular complexity index is 585. The third-order valence-corrected chi connectivity index (χ3v) is 11.3. The number of aliphatic hydroxyl groups excluding tert-OH is 1. The van der Waals surface area contributed by atoms with Crippen molar-refractivity contribution in [3.63, 3.8) is 0 Å². The average Bonchev–Trinajstić information content (AvgIpc) is 3.04. The van der Waals surface area contributed by atoms with Gasteiger partial charge >= 0.3 is 0 Å². The van der Waals surface area contributed by atoms with E-state index in [4.69, 9.17) is 0 Å². The third-order valence-electron chi connectivity index (χ3n) is 11.3. The first-order chi connectivity index (χ1) is 13.6. The molecule has 0 saturated heterocycles. The zero-order valence-electron chi connectivity index (χ0n) is 19.9. The van der Waals surface area contributed by atoms with Gasteiger partial charge in [0.25, 0.3) is 0 Å². The van der Waals surface area contributed by atoms with Crippen molar-refractivity contribution >= 4 is 0 Å². The summed E-state index contributed by atoms with van der Waals surface area (Å²) in [6.45, 7) is 11.9. The molecule has 29 heavy (non-hydrogen) atoms. The summed E-state index contributed by atoms with van der Waals surface area (Å²) < 4.78 is 0. The van der Waals surface area contributed by atoms with Crippen molar-refractivity contribution in [2.45, 2.75) is 123 Å². The Labute approximate surface area is 180 Å². The monoisotopic (exact) mass is 404 g/mol. The lowest BCUT2D eigenvalue weighted by Gasteiger charge is -2.61. The highest BCUT2D eigenvalue weighted by Crippen LogP contribution is 2.68. The quantitative estimate of drug-likeness (QED) is 0.543. The van der Waals surface area contributed by atoms with E-state index in [0.717, 1.165) is 61.2 Å². The zero-order chi connectivity index (χ0) is 21.0. The zero-order valence-corrected chi connectivity index (χ0v) is 19.9. The van der Waals surface area contributed by atoms with E-state index in [0.29, 0.717) is 10.8 Å². The van der Waals surface area contributed by atoms with Crippen LogP contribution >= 0.6 is 0 Å². The molecule has 0 spiro atoms. The maximum atomic E-state index is 10.5. The van der Waals surface area contributed by atoms with Crippen LogP contribution in [0.2, 0.25) is 0 Å². The molecule has 0 heterocycles. The standard InChI is InChI=1S/C27H48O2/c1-6-25(3,29)14-11-18(2)22-9-10-23-21-8-7-19-17-20(28)12-15-26(19,4)24(21)13-16-27(22,23)5/h18-24,28-29H,6-17H2,1-5H3/t18-,19?,20+,21+,22-,23+,24+,25?,26+,27-/m1/s1. The van der Waals surface area contributed by atoms with Crippen molar-refractivity contribution in [2.24, 2.45) is 46.3 Å². The molecule has 4 aliphatic rings. The second kappa shape index (κ2) is 7.80. The molecule has 10 atom stereocenters. The van der Waals surface area contributed by atoms with Crippen molar-refractivity contribution in [3.8, 4) is 0 Å². The molecule has 2 heteroatoms. The number of hydrogen-bond donors (Lipinski definition) is 2. The Morgan fingerprint density at radius 2 is 1.66 bits per heavy atom. The van der Waals surface area contributed by atoms with E-state index in [1.54, 1.807) is 0 Å². The lowest BCUT2D eigenvalue weighted by Crippen LogP contribution is -2.54. The van der Waals surface area contributed by atoms with Gasteiger partial charge < -0.3 is 10.2 Å². The number of fused-ring (bicyclic) bond motifs is 5. The summed E-state index contributed by atoms with van der Waals surface area (Å²) in [4.78, 5) is 0. The summed E-state index contributed by atoms with van der Waals surface area (Å²) in [7, 11) is 0. The molecule has 0 bridgehead atoms. The number of rotatable bonds is 5. The van der Waals surface area contributed by atoms with Gasteiger partial charge in [-0.25, -0.2) is 0 Å². The molecule has 0 aromatic carbocycles. The minimum atomic E-state index is -0.483. The van der Waals surface area contributed by atoms with E-state index >= 15 is 0 Å². The fourth-order valence-electron chi connectivity index (χ4n) is 9.13. The summed E-state index contributed by atoms with van der Waals surface area (Å²) in [5, 5.41) is 20.8. The molecular weight excluding hydrogens is 356 g/mol. The smallest absolute Gasteiger partial charge is 0.0617 e. The van der Waals surface area contributed by atoms with Crippen LogP contribution in [0.1, 0.15) is 112 Å². The van der Waals surface area contributed by atoms with E-state index in [-0.39, 0.29) is 6.10 Å². The summed E-state index contributed by atoms with van der Waals surface area (Å²) in [5.41, 5.74) is 0.534. The molecule has 0 aromatic heterocycles. The third kappa shape index (κ3) is 3.73. The van der Waals surface area contributed by atoms with Gasteiger partial charge in [-0.15, -0.1) is 0 Å². The maximum absolute atomic E-state index is 10.5. The summed E-state index contributed by atoms with van der Waals surface area (Å²) in [5.74, 6) is 5.10. The van der Waals surface area contributed by atoms with Gasteiger partial charge in [-0.2, -0.15) is 0 Å². The first-order valence-corrected chi connectivity index (χ1v) is 13.0. The minimum Gasteiger partial charge on any atom is -0.393 e. The number of aliphatic hydroxyl groups is 2. The van der Waals surface area contributed by atoms with Crippen LogP contribution < -0.4 is 0 Å². The van der Waals surface area contributed by atoms with Gasteiger partial charge in [0, 0.05) is 0 Å². The van der Waals surface area contributed by atoms with E-state index in [1.165, 1.54) is 51.4 Å². The van der Waals surface area contributed by atoms with Gasteiger partial charge in [-0.1, -0.05) is 27.7 Å². The highest BCUT2D eigenvalue weighted by Gasteiger charge is 2.60. The Morgan fingerprint density at radius 1 is 0.966 bits per heavy atom. The fraction of sp³-hybridized carbons (Fsp3) is 1.00. The molecule has 0 aromatic rings. The number of hydrogen-bond acceptors (Lipinski definition) is 2. The largest absolute Gasteiger partial charge is 0.393 e. The lowest BCUT2D eigenvalue weighted by atomic mass is 9.44. The van der Waals surface area contributed by atoms with Crippen LogP contribution in [0.5, 0.6) is 0 Å². The summed E-state index contributed by atoms with van der Waals surface area (Å²) >= 11 is 0. The summed E-state index contributed by atoms with van der Waals surface area (Å²) in [6.07, 6.45) is 14.8. The molecule has 0 radical (unpaired) electrons. The highest BCUT2D eigenvalue weighted by molar-refractivity contribution is 5.09. The van der Waals surface area contributed by atoms with E-state index in [2.05, 4.69) is 27.7 Å². The first-order valence-electron chi connectivity index (χ1n) is 13.0. The molecule has 4 rings (SSSR count). The van der Waals surface area contributed by atoms with Gasteiger partial charge in [0.1, 0.15) is 0 Å². The second-order valence-corrected chi connectivity index (χ2v) is 12.7. The first kappa shape index (κ1) is 22.1. The van der Waals surface area contributed by atoms with Gasteiger partial charge in [0.05, 0.1) is 11.7 Å². The van der Waals surface area contributed by atoms with Crippen molar-refractivity contribution in [1.29, 1.82) is 0 Å². The van der Waals surface area contributed by atoms with Crippen LogP contribution in [-0.4, -0.2) is 21.9 Å². The van der Waals surface area contributed by atoms with Crippen LogP contribution in [0.15, 0.2) is 0 Å². The molecule has 2 nitrogen and oxygen atoms in total. The van der Waals surface area contributed by atoms with Crippen LogP contribution in [-0.2, 0) is 0 Å². The van der Waals surface area contributed by atoms with E-state index in [9.17, 15) is 10.2 Å². The second-order valence-electron chi connectivity index (χ2n) is 12.7. The van der Waals surface area contributed by atoms with Crippen LogP contribution in [0, 0.1) is 46.3 Å². The van der Waals surface area contributed by atoms with Crippen molar-refractivity contribution in [2.75, 3.05) is 0 Å².